The lowest BCUT2D eigenvalue weighted by atomic mass is 10.1. The van der Waals surface area contributed by atoms with E-state index in [-0.39, 0.29) is 16.4 Å². The third kappa shape index (κ3) is 4.49. The maximum absolute atomic E-state index is 13.5. The summed E-state index contributed by atoms with van der Waals surface area (Å²) in [4.78, 5) is 2.02. The lowest BCUT2D eigenvalue weighted by molar-refractivity contribution is 0.255. The van der Waals surface area contributed by atoms with E-state index in [1.807, 2.05) is 35.2 Å². The number of aryl methyl sites for hydroxylation is 2. The molecule has 2 aromatic carbocycles. The van der Waals surface area contributed by atoms with Crippen LogP contribution in [0, 0.1) is 13.8 Å². The minimum absolute atomic E-state index is 0.158. The minimum atomic E-state index is -3.85. The highest BCUT2D eigenvalue weighted by Gasteiger charge is 2.47. The van der Waals surface area contributed by atoms with Crippen LogP contribution in [0.5, 0.6) is 5.75 Å². The molecule has 0 aliphatic carbocycles. The second kappa shape index (κ2) is 8.08. The topological polar surface area (TPSA) is 80.8 Å². The molecule has 0 unspecified atom stereocenters. The smallest absolute Gasteiger partial charge is 0.184 e. The van der Waals surface area contributed by atoms with E-state index in [1.165, 1.54) is 7.11 Å². The van der Waals surface area contributed by atoms with Gasteiger partial charge in [0.2, 0.25) is 0 Å². The molecule has 0 saturated carbocycles. The van der Waals surface area contributed by atoms with Crippen molar-refractivity contribution in [2.24, 2.45) is 0 Å². The van der Waals surface area contributed by atoms with E-state index in [0.29, 0.717) is 23.4 Å². The molecule has 6 nitrogen and oxygen atoms in total. The Hall–Kier alpha value is -1.90. The summed E-state index contributed by atoms with van der Waals surface area (Å²) in [7, 11) is -3.98. The van der Waals surface area contributed by atoms with Gasteiger partial charge in [-0.25, -0.2) is 16.8 Å². The Labute approximate surface area is 173 Å². The van der Waals surface area contributed by atoms with E-state index in [2.05, 4.69) is 0 Å². The predicted molar refractivity (Wildman–Crippen MR) is 114 cm³/mol. The second-order valence-corrected chi connectivity index (χ2v) is 12.0. The summed E-state index contributed by atoms with van der Waals surface area (Å²) >= 11 is 0. The van der Waals surface area contributed by atoms with Crippen LogP contribution in [0.2, 0.25) is 0 Å². The van der Waals surface area contributed by atoms with Crippen molar-refractivity contribution >= 4 is 19.7 Å². The summed E-state index contributed by atoms with van der Waals surface area (Å²) in [5, 5.41) is -1.01. The molecule has 8 heteroatoms. The molecule has 1 heterocycles. The lowest BCUT2D eigenvalue weighted by Gasteiger charge is -2.29. The van der Waals surface area contributed by atoms with Crippen LogP contribution in [0.1, 0.15) is 16.7 Å². The molecule has 0 spiro atoms. The van der Waals surface area contributed by atoms with Gasteiger partial charge in [-0.05, 0) is 49.7 Å². The van der Waals surface area contributed by atoms with Gasteiger partial charge in [0.1, 0.15) is 5.75 Å². The number of nitrogens with zero attached hydrogens (tertiary/aromatic N) is 1. The first-order valence-electron chi connectivity index (χ1n) is 9.39. The number of hydrogen-bond donors (Lipinski definition) is 0. The van der Waals surface area contributed by atoms with Crippen LogP contribution >= 0.6 is 0 Å². The van der Waals surface area contributed by atoms with E-state index in [4.69, 9.17) is 4.74 Å². The summed E-state index contributed by atoms with van der Waals surface area (Å²) in [5.74, 6) is 0.0937. The van der Waals surface area contributed by atoms with Crippen LogP contribution < -0.4 is 4.74 Å². The molecule has 3 rings (SSSR count). The van der Waals surface area contributed by atoms with Crippen molar-refractivity contribution < 1.29 is 21.6 Å². The van der Waals surface area contributed by atoms with Gasteiger partial charge in [-0.15, -0.1) is 0 Å². The largest absolute Gasteiger partial charge is 0.496 e. The zero-order chi connectivity index (χ0) is 21.4. The first kappa shape index (κ1) is 21.8. The van der Waals surface area contributed by atoms with Gasteiger partial charge in [0.05, 0.1) is 28.8 Å². The Bertz CT molecular complexity index is 1100. The second-order valence-electron chi connectivity index (χ2n) is 7.72. The Balaban J connectivity index is 1.99. The van der Waals surface area contributed by atoms with Crippen LogP contribution in [-0.2, 0) is 26.2 Å². The van der Waals surface area contributed by atoms with Gasteiger partial charge >= 0.3 is 0 Å². The predicted octanol–water partition coefficient (Wildman–Crippen LogP) is 2.38. The summed E-state index contributed by atoms with van der Waals surface area (Å²) < 4.78 is 57.2. The molecule has 1 aliphatic heterocycles. The molecule has 2 aromatic rings. The first-order chi connectivity index (χ1) is 13.5. The molecule has 158 valence electrons. The number of rotatable bonds is 6. The highest BCUT2D eigenvalue weighted by Crippen LogP contribution is 2.33. The van der Waals surface area contributed by atoms with Crippen molar-refractivity contribution in [1.29, 1.82) is 0 Å². The normalized spacial score (nSPS) is 21.4. The average molecular weight is 438 g/mol. The summed E-state index contributed by atoms with van der Waals surface area (Å²) in [6, 6.07) is 12.3. The molecule has 0 N–H and O–H groups in total. The van der Waals surface area contributed by atoms with Crippen molar-refractivity contribution in [2.45, 2.75) is 36.6 Å². The molecule has 0 amide bonds. The van der Waals surface area contributed by atoms with Crippen LogP contribution in [0.3, 0.4) is 0 Å². The van der Waals surface area contributed by atoms with Gasteiger partial charge in [-0.1, -0.05) is 30.3 Å². The average Bonchev–Trinajstić information content (AvgIpc) is 3.00. The van der Waals surface area contributed by atoms with Crippen molar-refractivity contribution in [3.63, 3.8) is 0 Å². The zero-order valence-corrected chi connectivity index (χ0v) is 18.8. The zero-order valence-electron chi connectivity index (χ0n) is 17.1. The fourth-order valence-electron chi connectivity index (χ4n) is 3.95. The van der Waals surface area contributed by atoms with E-state index in [0.717, 1.165) is 5.56 Å². The van der Waals surface area contributed by atoms with E-state index < -0.39 is 31.0 Å². The van der Waals surface area contributed by atoms with Crippen molar-refractivity contribution in [1.82, 2.24) is 4.90 Å². The first-order valence-corrected chi connectivity index (χ1v) is 12.8. The molecular weight excluding hydrogens is 410 g/mol. The third-order valence-electron chi connectivity index (χ3n) is 5.51. The Morgan fingerprint density at radius 1 is 1.07 bits per heavy atom. The summed E-state index contributed by atoms with van der Waals surface area (Å²) in [5.41, 5.74) is 2.26. The lowest BCUT2D eigenvalue weighted by Crippen LogP contribution is -2.44. The van der Waals surface area contributed by atoms with Gasteiger partial charge in [-0.3, -0.25) is 4.90 Å². The number of ether oxygens (including phenoxy) is 1. The SMILES string of the molecule is COc1cc(C)c(S(=O)(=O)[C@H]2CS(=O)(=O)C[C@@H]2N(C)Cc2ccccc2)cc1C. The monoisotopic (exact) mass is 437 g/mol. The highest BCUT2D eigenvalue weighted by molar-refractivity contribution is 7.96. The molecule has 1 fully saturated rings. The maximum atomic E-state index is 13.5. The Kier molecular flexibility index (Phi) is 6.08. The van der Waals surface area contributed by atoms with Gasteiger partial charge in [0.25, 0.3) is 0 Å². The molecule has 0 bridgehead atoms. The van der Waals surface area contributed by atoms with Crippen LogP contribution in [0.15, 0.2) is 47.4 Å². The Morgan fingerprint density at radius 2 is 1.72 bits per heavy atom. The third-order valence-corrected chi connectivity index (χ3v) is 9.77. The molecular formula is C21H27NO5S2. The fourth-order valence-corrected chi connectivity index (χ4v) is 9.16. The van der Waals surface area contributed by atoms with Gasteiger partial charge in [0.15, 0.2) is 19.7 Å². The molecule has 2 atom stereocenters. The molecule has 29 heavy (non-hydrogen) atoms. The fraction of sp³-hybridized carbons (Fsp3) is 0.429. The van der Waals surface area contributed by atoms with Crippen molar-refractivity contribution in [3.8, 4) is 5.75 Å². The quantitative estimate of drug-likeness (QED) is 0.690. The minimum Gasteiger partial charge on any atom is -0.496 e. The summed E-state index contributed by atoms with van der Waals surface area (Å²) in [6.45, 7) is 3.97. The summed E-state index contributed by atoms with van der Waals surface area (Å²) in [6.07, 6.45) is 0. The number of sulfone groups is 2. The molecule has 1 saturated heterocycles. The standard InChI is InChI=1S/C21H27NO5S2/c1-15-11-20(16(2)10-19(15)27-4)29(25,26)21-14-28(23,24)13-18(21)22(3)12-17-8-6-5-7-9-17/h5-11,18,21H,12-14H2,1-4H3/t18-,21-/m0/s1. The van der Waals surface area contributed by atoms with Crippen molar-refractivity contribution in [2.75, 3.05) is 25.7 Å². The van der Waals surface area contributed by atoms with E-state index in [9.17, 15) is 16.8 Å². The van der Waals surface area contributed by atoms with Gasteiger partial charge in [-0.2, -0.15) is 0 Å². The number of methoxy groups -OCH3 is 1. The number of benzene rings is 2. The molecule has 1 aliphatic rings. The van der Waals surface area contributed by atoms with Crippen LogP contribution in [0.4, 0.5) is 0 Å². The highest BCUT2D eigenvalue weighted by atomic mass is 32.2. The maximum Gasteiger partial charge on any atom is 0.184 e. The number of hydrogen-bond acceptors (Lipinski definition) is 6. The van der Waals surface area contributed by atoms with Gasteiger partial charge in [0, 0.05) is 12.6 Å². The van der Waals surface area contributed by atoms with Crippen LogP contribution in [-0.4, -0.2) is 58.7 Å². The molecule has 0 radical (unpaired) electrons. The van der Waals surface area contributed by atoms with Gasteiger partial charge < -0.3 is 4.74 Å². The van der Waals surface area contributed by atoms with E-state index in [1.54, 1.807) is 33.0 Å². The molecule has 0 aromatic heterocycles. The van der Waals surface area contributed by atoms with Crippen molar-refractivity contribution in [3.05, 3.63) is 59.2 Å². The Morgan fingerprint density at radius 3 is 2.34 bits per heavy atom. The van der Waals surface area contributed by atoms with E-state index >= 15 is 0 Å². The van der Waals surface area contributed by atoms with Crippen LogP contribution in [0.25, 0.3) is 0 Å².